The predicted molar refractivity (Wildman–Crippen MR) is 122 cm³/mol. The van der Waals surface area contributed by atoms with Gasteiger partial charge in [-0.1, -0.05) is 5.16 Å². The van der Waals surface area contributed by atoms with Crippen molar-refractivity contribution in [2.75, 3.05) is 32.4 Å². The molecule has 0 aliphatic carbocycles. The van der Waals surface area contributed by atoms with Crippen molar-refractivity contribution in [1.29, 1.82) is 0 Å². The molecule has 0 unspecified atom stereocenters. The van der Waals surface area contributed by atoms with Gasteiger partial charge in [0, 0.05) is 26.2 Å². The lowest BCUT2D eigenvalue weighted by Gasteiger charge is -2.23. The Bertz CT molecular complexity index is 1250. The second-order valence-corrected chi connectivity index (χ2v) is 10.4. The molecule has 1 amide bonds. The molecule has 0 N–H and O–H groups in total. The third-order valence-corrected chi connectivity index (χ3v) is 8.34. The Balaban J connectivity index is 1.57. The van der Waals surface area contributed by atoms with Crippen LogP contribution in [0.1, 0.15) is 33.9 Å². The molecule has 33 heavy (non-hydrogen) atoms. The molecule has 0 atom stereocenters. The number of sulfonamides is 1. The first-order valence-corrected chi connectivity index (χ1v) is 13.1. The normalized spacial score (nSPS) is 15.6. The Morgan fingerprint density at radius 3 is 2.52 bits per heavy atom. The Morgan fingerprint density at radius 1 is 1.09 bits per heavy atom. The summed E-state index contributed by atoms with van der Waals surface area (Å²) in [6, 6.07) is 3.52. The maximum absolute atomic E-state index is 13.5. The fourth-order valence-electron chi connectivity index (χ4n) is 3.92. The molecule has 10 nitrogen and oxygen atoms in total. The first-order valence-electron chi connectivity index (χ1n) is 10.4. The SMILES string of the molecule is CSc1nc(-c2ccco2)nc(C)c1C(=O)N1CCCN(S(=O)(=O)c2c(C)noc2C)CC1. The fraction of sp³-hybridized carbons (Fsp3) is 0.429. The molecule has 3 aromatic rings. The van der Waals surface area contributed by atoms with Gasteiger partial charge in [-0.2, -0.15) is 4.31 Å². The number of furan rings is 1. The van der Waals surface area contributed by atoms with Crippen molar-refractivity contribution < 1.29 is 22.2 Å². The Labute approximate surface area is 196 Å². The average molecular weight is 492 g/mol. The fourth-order valence-corrected chi connectivity index (χ4v) is 6.30. The monoisotopic (exact) mass is 491 g/mol. The zero-order valence-corrected chi connectivity index (χ0v) is 20.5. The summed E-state index contributed by atoms with van der Waals surface area (Å²) in [4.78, 5) is 24.2. The van der Waals surface area contributed by atoms with E-state index in [1.807, 2.05) is 6.26 Å². The molecule has 4 rings (SSSR count). The van der Waals surface area contributed by atoms with Crippen LogP contribution in [0.4, 0.5) is 0 Å². The number of hydrogen-bond donors (Lipinski definition) is 0. The molecule has 0 radical (unpaired) electrons. The van der Waals surface area contributed by atoms with Crippen molar-refractivity contribution in [2.24, 2.45) is 0 Å². The molecule has 0 spiro atoms. The third-order valence-electron chi connectivity index (χ3n) is 5.51. The molecule has 3 aromatic heterocycles. The highest BCUT2D eigenvalue weighted by Crippen LogP contribution is 2.28. The molecular formula is C21H25N5O5S2. The van der Waals surface area contributed by atoms with Gasteiger partial charge in [-0.25, -0.2) is 18.4 Å². The second-order valence-electron chi connectivity index (χ2n) is 7.70. The minimum Gasteiger partial charge on any atom is -0.461 e. The lowest BCUT2D eigenvalue weighted by molar-refractivity contribution is 0.0758. The number of aromatic nitrogens is 3. The highest BCUT2D eigenvalue weighted by Gasteiger charge is 2.34. The minimum atomic E-state index is -3.77. The zero-order chi connectivity index (χ0) is 23.8. The summed E-state index contributed by atoms with van der Waals surface area (Å²) in [5, 5.41) is 4.33. The van der Waals surface area contributed by atoms with Crippen molar-refractivity contribution in [2.45, 2.75) is 37.1 Å². The van der Waals surface area contributed by atoms with Crippen molar-refractivity contribution in [3.63, 3.8) is 0 Å². The van der Waals surface area contributed by atoms with Crippen LogP contribution in [0.2, 0.25) is 0 Å². The number of nitrogens with zero attached hydrogens (tertiary/aromatic N) is 5. The van der Waals surface area contributed by atoms with Crippen molar-refractivity contribution in [1.82, 2.24) is 24.3 Å². The van der Waals surface area contributed by atoms with Gasteiger partial charge in [0.15, 0.2) is 17.3 Å². The molecule has 0 aromatic carbocycles. The third kappa shape index (κ3) is 4.42. The van der Waals surface area contributed by atoms with Crippen LogP contribution in [0.25, 0.3) is 11.6 Å². The molecule has 1 fully saturated rings. The molecule has 1 aliphatic heterocycles. The van der Waals surface area contributed by atoms with Gasteiger partial charge < -0.3 is 13.8 Å². The average Bonchev–Trinajstić information content (AvgIpc) is 3.35. The summed E-state index contributed by atoms with van der Waals surface area (Å²) >= 11 is 1.36. The molecule has 176 valence electrons. The van der Waals surface area contributed by atoms with Gasteiger partial charge in [0.05, 0.1) is 17.5 Å². The van der Waals surface area contributed by atoms with Crippen LogP contribution in [0.15, 0.2) is 37.3 Å². The highest BCUT2D eigenvalue weighted by molar-refractivity contribution is 7.98. The standard InChI is InChI=1S/C21H25N5O5S2/c1-13-17(20(32-4)23-19(22-13)16-7-5-12-30-16)21(27)25-8-6-9-26(11-10-25)33(28,29)18-14(2)24-31-15(18)3/h5,7,12H,6,8-11H2,1-4H3. The summed E-state index contributed by atoms with van der Waals surface area (Å²) < 4.78 is 38.2. The van der Waals surface area contributed by atoms with Gasteiger partial charge in [0.1, 0.15) is 15.6 Å². The van der Waals surface area contributed by atoms with E-state index in [9.17, 15) is 13.2 Å². The van der Waals surface area contributed by atoms with Crippen LogP contribution in [-0.4, -0.2) is 71.1 Å². The summed E-state index contributed by atoms with van der Waals surface area (Å²) in [6.07, 6.45) is 3.91. The highest BCUT2D eigenvalue weighted by atomic mass is 32.2. The number of amides is 1. The van der Waals surface area contributed by atoms with Crippen LogP contribution in [0.5, 0.6) is 0 Å². The maximum Gasteiger partial charge on any atom is 0.258 e. The second kappa shape index (κ2) is 9.27. The van der Waals surface area contributed by atoms with E-state index < -0.39 is 10.0 Å². The Morgan fingerprint density at radius 2 is 1.88 bits per heavy atom. The maximum atomic E-state index is 13.5. The first kappa shape index (κ1) is 23.5. The van der Waals surface area contributed by atoms with Crippen LogP contribution in [0.3, 0.4) is 0 Å². The van der Waals surface area contributed by atoms with E-state index in [1.165, 1.54) is 16.1 Å². The van der Waals surface area contributed by atoms with Crippen LogP contribution in [-0.2, 0) is 10.0 Å². The van der Waals surface area contributed by atoms with Crippen molar-refractivity contribution >= 4 is 27.7 Å². The largest absolute Gasteiger partial charge is 0.461 e. The van der Waals surface area contributed by atoms with E-state index in [2.05, 4.69) is 15.1 Å². The lowest BCUT2D eigenvalue weighted by atomic mass is 10.2. The van der Waals surface area contributed by atoms with Gasteiger partial charge in [0.25, 0.3) is 5.91 Å². The quantitative estimate of drug-likeness (QED) is 0.391. The summed E-state index contributed by atoms with van der Waals surface area (Å²) in [6.45, 7) is 6.13. The minimum absolute atomic E-state index is 0.102. The van der Waals surface area contributed by atoms with E-state index in [0.717, 1.165) is 0 Å². The van der Waals surface area contributed by atoms with Gasteiger partial charge in [-0.05, 0) is 45.6 Å². The molecule has 0 saturated carbocycles. The topological polar surface area (TPSA) is 123 Å². The van der Waals surface area contributed by atoms with Gasteiger partial charge in [-0.3, -0.25) is 4.79 Å². The molecule has 0 bridgehead atoms. The van der Waals surface area contributed by atoms with Crippen molar-refractivity contribution in [3.05, 3.63) is 41.1 Å². The summed E-state index contributed by atoms with van der Waals surface area (Å²) in [5.74, 6) is 1.01. The number of hydrogen-bond acceptors (Lipinski definition) is 9. The summed E-state index contributed by atoms with van der Waals surface area (Å²) in [7, 11) is -3.77. The van der Waals surface area contributed by atoms with Crippen LogP contribution < -0.4 is 0 Å². The van der Waals surface area contributed by atoms with E-state index in [0.29, 0.717) is 53.1 Å². The number of thioether (sulfide) groups is 1. The molecule has 1 saturated heterocycles. The smallest absolute Gasteiger partial charge is 0.258 e. The lowest BCUT2D eigenvalue weighted by Crippen LogP contribution is -2.38. The zero-order valence-electron chi connectivity index (χ0n) is 18.9. The summed E-state index contributed by atoms with van der Waals surface area (Å²) in [5.41, 5.74) is 1.31. The molecule has 4 heterocycles. The van der Waals surface area contributed by atoms with Crippen molar-refractivity contribution in [3.8, 4) is 11.6 Å². The van der Waals surface area contributed by atoms with Gasteiger partial charge in [0.2, 0.25) is 10.0 Å². The van der Waals surface area contributed by atoms with Gasteiger partial charge >= 0.3 is 0 Å². The number of aryl methyl sites for hydroxylation is 3. The van der Waals surface area contributed by atoms with Crippen LogP contribution in [0, 0.1) is 20.8 Å². The Hall–Kier alpha value is -2.70. The molecular weight excluding hydrogens is 466 g/mol. The number of carbonyl (C=O) groups excluding carboxylic acids is 1. The van der Waals surface area contributed by atoms with E-state index in [4.69, 9.17) is 8.94 Å². The Kier molecular flexibility index (Phi) is 6.59. The first-order chi connectivity index (χ1) is 15.7. The number of carbonyl (C=O) groups is 1. The van der Waals surface area contributed by atoms with Crippen LogP contribution >= 0.6 is 11.8 Å². The molecule has 1 aliphatic rings. The molecule has 12 heteroatoms. The van der Waals surface area contributed by atoms with E-state index in [-0.39, 0.29) is 29.7 Å². The van der Waals surface area contributed by atoms with E-state index >= 15 is 0 Å². The predicted octanol–water partition coefficient (Wildman–Crippen LogP) is 2.91. The van der Waals surface area contributed by atoms with Gasteiger partial charge in [-0.15, -0.1) is 11.8 Å². The van der Waals surface area contributed by atoms with E-state index in [1.54, 1.807) is 44.1 Å². The number of rotatable bonds is 5.